The molecular formula is C13H16BrNO2. The molecule has 3 nitrogen and oxygen atoms in total. The molecule has 0 aliphatic carbocycles. The minimum Gasteiger partial charge on any atom is -0.394 e. The van der Waals surface area contributed by atoms with E-state index in [9.17, 15) is 4.79 Å². The number of carbonyl (C=O) groups is 1. The molecule has 0 fully saturated rings. The van der Waals surface area contributed by atoms with Crippen LogP contribution in [0.15, 0.2) is 34.8 Å². The average Bonchev–Trinajstić information content (AvgIpc) is 2.34. The summed E-state index contributed by atoms with van der Waals surface area (Å²) in [4.78, 5) is 13.2. The smallest absolute Gasteiger partial charge is 0.246 e. The van der Waals surface area contributed by atoms with E-state index in [-0.39, 0.29) is 18.6 Å². The molecule has 1 N–H and O–H groups in total. The number of hydrogen-bond acceptors (Lipinski definition) is 2. The lowest BCUT2D eigenvalue weighted by Crippen LogP contribution is -2.36. The van der Waals surface area contributed by atoms with Gasteiger partial charge in [-0.15, -0.1) is 0 Å². The van der Waals surface area contributed by atoms with Crippen LogP contribution in [-0.2, 0) is 4.79 Å². The first-order chi connectivity index (χ1) is 8.04. The molecule has 1 aromatic carbocycles. The number of aliphatic hydroxyl groups is 1. The summed E-state index contributed by atoms with van der Waals surface area (Å²) in [5, 5.41) is 8.95. The van der Waals surface area contributed by atoms with Gasteiger partial charge in [-0.1, -0.05) is 28.1 Å². The van der Waals surface area contributed by atoms with Gasteiger partial charge < -0.3 is 10.0 Å². The molecule has 1 unspecified atom stereocenters. The molecule has 0 aromatic heterocycles. The summed E-state index contributed by atoms with van der Waals surface area (Å²) in [6, 6.07) is 7.52. The standard InChI is InChI=1S/C13H16BrNO2/c1-10(9-16)15(2)13(17)7-6-11-4-3-5-12(14)8-11/h3-8,10,16H,9H2,1-2H3/b7-6+. The van der Waals surface area contributed by atoms with Gasteiger partial charge in [-0.25, -0.2) is 0 Å². The van der Waals surface area contributed by atoms with Gasteiger partial charge in [0, 0.05) is 17.6 Å². The van der Waals surface area contributed by atoms with Crippen molar-refractivity contribution < 1.29 is 9.90 Å². The molecule has 1 aromatic rings. The Balaban J connectivity index is 2.68. The molecule has 0 bridgehead atoms. The van der Waals surface area contributed by atoms with Gasteiger partial charge in [-0.2, -0.15) is 0 Å². The van der Waals surface area contributed by atoms with Crippen molar-refractivity contribution in [2.45, 2.75) is 13.0 Å². The second-order valence-electron chi connectivity index (χ2n) is 3.87. The van der Waals surface area contributed by atoms with Gasteiger partial charge in [-0.3, -0.25) is 4.79 Å². The summed E-state index contributed by atoms with van der Waals surface area (Å²) in [6.07, 6.45) is 3.27. The number of rotatable bonds is 4. The van der Waals surface area contributed by atoms with Crippen LogP contribution in [0.4, 0.5) is 0 Å². The summed E-state index contributed by atoms with van der Waals surface area (Å²) >= 11 is 3.37. The predicted octanol–water partition coefficient (Wildman–Crippen LogP) is 2.30. The molecule has 0 saturated heterocycles. The van der Waals surface area contributed by atoms with E-state index in [1.807, 2.05) is 24.3 Å². The number of halogens is 1. The maximum absolute atomic E-state index is 11.7. The Hall–Kier alpha value is -1.13. The molecule has 4 heteroatoms. The maximum Gasteiger partial charge on any atom is 0.246 e. The molecule has 0 aliphatic rings. The molecular weight excluding hydrogens is 282 g/mol. The first kappa shape index (κ1) is 13.9. The highest BCUT2D eigenvalue weighted by Gasteiger charge is 2.11. The van der Waals surface area contributed by atoms with Crippen molar-refractivity contribution in [3.8, 4) is 0 Å². The number of aliphatic hydroxyl groups excluding tert-OH is 1. The monoisotopic (exact) mass is 297 g/mol. The Morgan fingerprint density at radius 2 is 2.29 bits per heavy atom. The van der Waals surface area contributed by atoms with E-state index in [1.165, 1.54) is 11.0 Å². The van der Waals surface area contributed by atoms with E-state index in [1.54, 1.807) is 20.0 Å². The third-order valence-corrected chi connectivity index (χ3v) is 3.03. The van der Waals surface area contributed by atoms with E-state index < -0.39 is 0 Å². The Kier molecular flexibility index (Phi) is 5.38. The van der Waals surface area contributed by atoms with Crippen LogP contribution in [-0.4, -0.2) is 35.6 Å². The fraction of sp³-hybridized carbons (Fsp3) is 0.308. The summed E-state index contributed by atoms with van der Waals surface area (Å²) in [6.45, 7) is 1.76. The third-order valence-electron chi connectivity index (χ3n) is 2.54. The topological polar surface area (TPSA) is 40.5 Å². The van der Waals surface area contributed by atoms with E-state index in [2.05, 4.69) is 15.9 Å². The quantitative estimate of drug-likeness (QED) is 0.867. The molecule has 92 valence electrons. The second kappa shape index (κ2) is 6.57. The summed E-state index contributed by atoms with van der Waals surface area (Å²) in [7, 11) is 1.68. The van der Waals surface area contributed by atoms with Crippen molar-refractivity contribution in [2.75, 3.05) is 13.7 Å². The van der Waals surface area contributed by atoms with Gasteiger partial charge in [-0.05, 0) is 30.7 Å². The van der Waals surface area contributed by atoms with Gasteiger partial charge in [0.05, 0.1) is 12.6 Å². The highest BCUT2D eigenvalue weighted by atomic mass is 79.9. The lowest BCUT2D eigenvalue weighted by Gasteiger charge is -2.21. The van der Waals surface area contributed by atoms with Crippen LogP contribution >= 0.6 is 15.9 Å². The highest BCUT2D eigenvalue weighted by molar-refractivity contribution is 9.10. The molecule has 0 radical (unpaired) electrons. The second-order valence-corrected chi connectivity index (χ2v) is 4.78. The first-order valence-corrected chi connectivity index (χ1v) is 6.15. The number of benzene rings is 1. The third kappa shape index (κ3) is 4.32. The molecule has 0 saturated carbocycles. The summed E-state index contributed by atoms with van der Waals surface area (Å²) in [5.41, 5.74) is 0.956. The van der Waals surface area contributed by atoms with Crippen molar-refractivity contribution in [3.63, 3.8) is 0 Å². The number of hydrogen-bond donors (Lipinski definition) is 1. The number of nitrogens with zero attached hydrogens (tertiary/aromatic N) is 1. The van der Waals surface area contributed by atoms with Gasteiger partial charge in [0.1, 0.15) is 0 Å². The first-order valence-electron chi connectivity index (χ1n) is 5.36. The molecule has 0 heterocycles. The molecule has 0 aliphatic heterocycles. The van der Waals surface area contributed by atoms with Crippen LogP contribution in [0.2, 0.25) is 0 Å². The molecule has 1 atom stereocenters. The maximum atomic E-state index is 11.7. The van der Waals surface area contributed by atoms with Gasteiger partial charge in [0.25, 0.3) is 0 Å². The molecule has 1 amide bonds. The predicted molar refractivity (Wildman–Crippen MR) is 72.5 cm³/mol. The lowest BCUT2D eigenvalue weighted by atomic mass is 10.2. The highest BCUT2D eigenvalue weighted by Crippen LogP contribution is 2.12. The summed E-state index contributed by atoms with van der Waals surface area (Å²) in [5.74, 6) is -0.119. The van der Waals surface area contributed by atoms with Crippen LogP contribution in [0.5, 0.6) is 0 Å². The largest absolute Gasteiger partial charge is 0.394 e. The fourth-order valence-electron chi connectivity index (χ4n) is 1.24. The van der Waals surface area contributed by atoms with Crippen LogP contribution in [0.3, 0.4) is 0 Å². The Morgan fingerprint density at radius 3 is 2.88 bits per heavy atom. The SMILES string of the molecule is CC(CO)N(C)C(=O)/C=C/c1cccc(Br)c1. The number of likely N-dealkylation sites (N-methyl/N-ethyl adjacent to an activating group) is 1. The zero-order chi connectivity index (χ0) is 12.8. The van der Waals surface area contributed by atoms with Crippen molar-refractivity contribution in [2.24, 2.45) is 0 Å². The lowest BCUT2D eigenvalue weighted by molar-refractivity contribution is -0.127. The Labute approximate surface area is 110 Å². The van der Waals surface area contributed by atoms with E-state index in [4.69, 9.17) is 5.11 Å². The van der Waals surface area contributed by atoms with E-state index in [0.29, 0.717) is 0 Å². The molecule has 17 heavy (non-hydrogen) atoms. The van der Waals surface area contributed by atoms with Gasteiger partial charge >= 0.3 is 0 Å². The normalized spacial score (nSPS) is 12.7. The van der Waals surface area contributed by atoms with Crippen molar-refractivity contribution in [3.05, 3.63) is 40.4 Å². The molecule has 1 rings (SSSR count). The van der Waals surface area contributed by atoms with Crippen LogP contribution < -0.4 is 0 Å². The van der Waals surface area contributed by atoms with Crippen molar-refractivity contribution in [1.82, 2.24) is 4.90 Å². The van der Waals surface area contributed by atoms with Gasteiger partial charge in [0.15, 0.2) is 0 Å². The van der Waals surface area contributed by atoms with Gasteiger partial charge in [0.2, 0.25) is 5.91 Å². The number of carbonyl (C=O) groups excluding carboxylic acids is 1. The average molecular weight is 298 g/mol. The van der Waals surface area contributed by atoms with Crippen LogP contribution in [0.25, 0.3) is 6.08 Å². The zero-order valence-corrected chi connectivity index (χ0v) is 11.5. The van der Waals surface area contributed by atoms with Crippen LogP contribution in [0.1, 0.15) is 12.5 Å². The van der Waals surface area contributed by atoms with Crippen molar-refractivity contribution >= 4 is 27.9 Å². The number of amides is 1. The minimum absolute atomic E-state index is 0.0348. The Morgan fingerprint density at radius 1 is 1.59 bits per heavy atom. The Bertz CT molecular complexity index is 418. The summed E-state index contributed by atoms with van der Waals surface area (Å²) < 4.78 is 0.976. The zero-order valence-electron chi connectivity index (χ0n) is 9.93. The van der Waals surface area contributed by atoms with E-state index >= 15 is 0 Å². The van der Waals surface area contributed by atoms with Crippen molar-refractivity contribution in [1.29, 1.82) is 0 Å². The molecule has 0 spiro atoms. The van der Waals surface area contributed by atoms with Crippen LogP contribution in [0, 0.1) is 0 Å². The minimum atomic E-state index is -0.172. The van der Waals surface area contributed by atoms with E-state index in [0.717, 1.165) is 10.0 Å². The fourth-order valence-corrected chi connectivity index (χ4v) is 1.65.